The van der Waals surface area contributed by atoms with E-state index in [1.807, 2.05) is 4.90 Å². The summed E-state index contributed by atoms with van der Waals surface area (Å²) in [6.45, 7) is 3.35. The predicted molar refractivity (Wildman–Crippen MR) is 78.8 cm³/mol. The first kappa shape index (κ1) is 17.3. The molecule has 2 aliphatic rings. The molecule has 2 N–H and O–H groups in total. The maximum Gasteiger partial charge on any atom is 0.403 e. The maximum atomic E-state index is 12.7. The molecule has 22 heavy (non-hydrogen) atoms. The zero-order chi connectivity index (χ0) is 16.4. The van der Waals surface area contributed by atoms with Crippen molar-refractivity contribution in [2.24, 2.45) is 4.99 Å². The fourth-order valence-electron chi connectivity index (χ4n) is 2.87. The van der Waals surface area contributed by atoms with E-state index in [1.54, 1.807) is 7.05 Å². The molecule has 2 fully saturated rings. The molecule has 0 bridgehead atoms. The number of nitrogens with zero attached hydrogens (tertiary/aromatic N) is 3. The van der Waals surface area contributed by atoms with E-state index in [1.165, 1.54) is 11.8 Å². The van der Waals surface area contributed by atoms with Gasteiger partial charge >= 0.3 is 6.18 Å². The zero-order valence-electron chi connectivity index (χ0n) is 13.2. The van der Waals surface area contributed by atoms with Crippen LogP contribution >= 0.6 is 0 Å². The van der Waals surface area contributed by atoms with Crippen LogP contribution in [0, 0.1) is 0 Å². The van der Waals surface area contributed by atoms with Crippen LogP contribution < -0.4 is 5.32 Å². The highest BCUT2D eigenvalue weighted by molar-refractivity contribution is 5.80. The third-order valence-corrected chi connectivity index (χ3v) is 4.71. The van der Waals surface area contributed by atoms with Crippen LogP contribution in [0.4, 0.5) is 13.2 Å². The average molecular weight is 322 g/mol. The van der Waals surface area contributed by atoms with Gasteiger partial charge in [-0.3, -0.25) is 9.89 Å². The summed E-state index contributed by atoms with van der Waals surface area (Å²) < 4.78 is 38.2. The molecule has 0 spiro atoms. The van der Waals surface area contributed by atoms with Gasteiger partial charge in [-0.2, -0.15) is 13.2 Å². The molecule has 8 heteroatoms. The van der Waals surface area contributed by atoms with Gasteiger partial charge in [0.25, 0.3) is 0 Å². The molecule has 128 valence electrons. The van der Waals surface area contributed by atoms with Gasteiger partial charge in [0.05, 0.1) is 5.60 Å². The molecule has 1 saturated carbocycles. The standard InChI is InChI=1S/C14H25F3N4O/c1-11(14(15,16)17)20-6-8-21(9-7-20)12(18-2)19-10-13(22)4-3-5-13/h11,22H,3-10H2,1-2H3,(H,18,19). The first-order valence-corrected chi connectivity index (χ1v) is 7.74. The van der Waals surface area contributed by atoms with Crippen LogP contribution in [0.3, 0.4) is 0 Å². The van der Waals surface area contributed by atoms with E-state index in [4.69, 9.17) is 0 Å². The minimum Gasteiger partial charge on any atom is -0.388 e. The molecule has 1 heterocycles. The van der Waals surface area contributed by atoms with Crippen LogP contribution in [-0.2, 0) is 0 Å². The Labute approximate surface area is 129 Å². The molecule has 1 aliphatic heterocycles. The van der Waals surface area contributed by atoms with Crippen LogP contribution in [0.25, 0.3) is 0 Å². The Bertz CT molecular complexity index is 401. The quantitative estimate of drug-likeness (QED) is 0.602. The lowest BCUT2D eigenvalue weighted by atomic mass is 9.80. The van der Waals surface area contributed by atoms with E-state index in [9.17, 15) is 18.3 Å². The number of hydrogen-bond donors (Lipinski definition) is 2. The number of aliphatic imine (C=N–C) groups is 1. The summed E-state index contributed by atoms with van der Waals surface area (Å²) in [4.78, 5) is 7.57. The molecule has 1 unspecified atom stereocenters. The lowest BCUT2D eigenvalue weighted by molar-refractivity contribution is -0.181. The van der Waals surface area contributed by atoms with Gasteiger partial charge in [0.2, 0.25) is 0 Å². The summed E-state index contributed by atoms with van der Waals surface area (Å²) >= 11 is 0. The van der Waals surface area contributed by atoms with Gasteiger partial charge in [0, 0.05) is 39.8 Å². The highest BCUT2D eigenvalue weighted by Crippen LogP contribution is 2.30. The van der Waals surface area contributed by atoms with Crippen molar-refractivity contribution in [3.8, 4) is 0 Å². The second-order valence-corrected chi connectivity index (χ2v) is 6.22. The molecular weight excluding hydrogens is 297 g/mol. The second kappa shape index (κ2) is 6.62. The molecule has 0 amide bonds. The van der Waals surface area contributed by atoms with Gasteiger partial charge < -0.3 is 15.3 Å². The van der Waals surface area contributed by atoms with Crippen LogP contribution in [0.1, 0.15) is 26.2 Å². The molecule has 2 rings (SSSR count). The van der Waals surface area contributed by atoms with Gasteiger partial charge in [0.15, 0.2) is 5.96 Å². The normalized spacial score (nSPS) is 24.8. The Hall–Kier alpha value is -1.02. The number of aliphatic hydroxyl groups is 1. The number of hydrogen-bond acceptors (Lipinski definition) is 3. The van der Waals surface area contributed by atoms with Crippen molar-refractivity contribution in [3.05, 3.63) is 0 Å². The molecule has 5 nitrogen and oxygen atoms in total. The van der Waals surface area contributed by atoms with Crippen molar-refractivity contribution in [1.29, 1.82) is 0 Å². The Morgan fingerprint density at radius 3 is 2.27 bits per heavy atom. The number of piperazine rings is 1. The minimum atomic E-state index is -4.18. The largest absolute Gasteiger partial charge is 0.403 e. The van der Waals surface area contributed by atoms with Gasteiger partial charge in [-0.15, -0.1) is 0 Å². The molecule has 0 aromatic rings. The van der Waals surface area contributed by atoms with Crippen molar-refractivity contribution >= 4 is 5.96 Å². The highest BCUT2D eigenvalue weighted by Gasteiger charge is 2.41. The van der Waals surface area contributed by atoms with E-state index in [0.717, 1.165) is 19.3 Å². The van der Waals surface area contributed by atoms with Crippen LogP contribution in [-0.4, -0.2) is 78.5 Å². The van der Waals surface area contributed by atoms with Crippen molar-refractivity contribution < 1.29 is 18.3 Å². The molecule has 0 aromatic heterocycles. The van der Waals surface area contributed by atoms with E-state index in [2.05, 4.69) is 10.3 Å². The monoisotopic (exact) mass is 322 g/mol. The Morgan fingerprint density at radius 2 is 1.86 bits per heavy atom. The molecule has 0 aromatic carbocycles. The summed E-state index contributed by atoms with van der Waals surface area (Å²) in [5.74, 6) is 0.652. The summed E-state index contributed by atoms with van der Waals surface area (Å²) in [6, 6.07) is -1.42. The smallest absolute Gasteiger partial charge is 0.388 e. The van der Waals surface area contributed by atoms with Gasteiger partial charge in [-0.1, -0.05) is 0 Å². The van der Waals surface area contributed by atoms with E-state index in [-0.39, 0.29) is 0 Å². The fourth-order valence-corrected chi connectivity index (χ4v) is 2.87. The minimum absolute atomic E-state index is 0.353. The second-order valence-electron chi connectivity index (χ2n) is 6.22. The summed E-state index contributed by atoms with van der Waals surface area (Å²) in [7, 11) is 1.65. The molecule has 1 atom stereocenters. The SMILES string of the molecule is CN=C(NCC1(O)CCC1)N1CCN(C(C)C(F)(F)F)CC1. The van der Waals surface area contributed by atoms with Gasteiger partial charge in [-0.25, -0.2) is 0 Å². The summed E-state index contributed by atoms with van der Waals surface area (Å²) in [5.41, 5.74) is -0.650. The third-order valence-electron chi connectivity index (χ3n) is 4.71. The number of alkyl halides is 3. The van der Waals surface area contributed by atoms with Crippen molar-refractivity contribution in [3.63, 3.8) is 0 Å². The van der Waals surface area contributed by atoms with Crippen LogP contribution in [0.2, 0.25) is 0 Å². The molecule has 0 radical (unpaired) electrons. The highest BCUT2D eigenvalue weighted by atomic mass is 19.4. The Morgan fingerprint density at radius 1 is 1.27 bits per heavy atom. The van der Waals surface area contributed by atoms with Crippen molar-refractivity contribution in [1.82, 2.24) is 15.1 Å². The average Bonchev–Trinajstić information content (AvgIpc) is 2.45. The van der Waals surface area contributed by atoms with Crippen LogP contribution in [0.15, 0.2) is 4.99 Å². The number of halogens is 3. The lowest BCUT2D eigenvalue weighted by Gasteiger charge is -2.41. The first-order chi connectivity index (χ1) is 10.2. The third kappa shape index (κ3) is 4.04. The van der Waals surface area contributed by atoms with Crippen molar-refractivity contribution in [2.75, 3.05) is 39.8 Å². The first-order valence-electron chi connectivity index (χ1n) is 7.74. The Balaban J connectivity index is 1.81. The fraction of sp³-hybridized carbons (Fsp3) is 0.929. The van der Waals surface area contributed by atoms with Gasteiger partial charge in [0.1, 0.15) is 6.04 Å². The van der Waals surface area contributed by atoms with Crippen LogP contribution in [0.5, 0.6) is 0 Å². The van der Waals surface area contributed by atoms with E-state index < -0.39 is 17.8 Å². The van der Waals surface area contributed by atoms with E-state index in [0.29, 0.717) is 38.7 Å². The summed E-state index contributed by atoms with van der Waals surface area (Å²) in [5, 5.41) is 13.2. The number of rotatable bonds is 3. The number of guanidine groups is 1. The molecular formula is C14H25F3N4O. The zero-order valence-corrected chi connectivity index (χ0v) is 13.2. The maximum absolute atomic E-state index is 12.7. The topological polar surface area (TPSA) is 51.1 Å². The number of nitrogens with one attached hydrogen (secondary N) is 1. The Kier molecular flexibility index (Phi) is 5.21. The van der Waals surface area contributed by atoms with Gasteiger partial charge in [-0.05, 0) is 26.2 Å². The summed E-state index contributed by atoms with van der Waals surface area (Å²) in [6.07, 6.45) is -1.58. The predicted octanol–water partition coefficient (Wildman–Crippen LogP) is 1.05. The molecule has 1 saturated heterocycles. The van der Waals surface area contributed by atoms with Crippen molar-refractivity contribution in [2.45, 2.75) is 44.0 Å². The van der Waals surface area contributed by atoms with E-state index >= 15 is 0 Å². The lowest BCUT2D eigenvalue weighted by Crippen LogP contribution is -2.58. The molecule has 1 aliphatic carbocycles.